The Kier molecular flexibility index (Phi) is 1.73. The van der Waals surface area contributed by atoms with E-state index in [9.17, 15) is 4.79 Å². The molecule has 1 heterocycles. The van der Waals surface area contributed by atoms with E-state index in [0.29, 0.717) is 11.7 Å². The zero-order valence-corrected chi connectivity index (χ0v) is 9.78. The van der Waals surface area contributed by atoms with Gasteiger partial charge in [0.15, 0.2) is 11.6 Å². The van der Waals surface area contributed by atoms with Crippen molar-refractivity contribution >= 4 is 21.7 Å². The van der Waals surface area contributed by atoms with Crippen LogP contribution in [0.3, 0.4) is 0 Å². The third-order valence-corrected chi connectivity index (χ3v) is 4.65. The molecule has 3 aliphatic rings. The Labute approximate surface area is 91.3 Å². The van der Waals surface area contributed by atoms with Crippen LogP contribution in [0.25, 0.3) is 0 Å². The summed E-state index contributed by atoms with van der Waals surface area (Å²) in [5.41, 5.74) is 0. The predicted molar refractivity (Wildman–Crippen MR) is 53.1 cm³/mol. The minimum atomic E-state index is -0.510. The lowest BCUT2D eigenvalue weighted by Gasteiger charge is -2.24. The lowest BCUT2D eigenvalue weighted by Crippen LogP contribution is -2.40. The van der Waals surface area contributed by atoms with E-state index in [2.05, 4.69) is 15.9 Å². The van der Waals surface area contributed by atoms with E-state index in [1.807, 2.05) is 13.8 Å². The Morgan fingerprint density at radius 2 is 2.00 bits per heavy atom. The summed E-state index contributed by atoms with van der Waals surface area (Å²) in [5.74, 6) is 0.178. The van der Waals surface area contributed by atoms with Gasteiger partial charge in [0.25, 0.3) is 0 Å². The summed E-state index contributed by atoms with van der Waals surface area (Å²) in [6.07, 6.45) is 1.06. The Hall–Kier alpha value is 0.0700. The third kappa shape index (κ3) is 1.02. The molecule has 2 bridgehead atoms. The van der Waals surface area contributed by atoms with Crippen molar-refractivity contribution in [3.05, 3.63) is 0 Å². The van der Waals surface area contributed by atoms with Crippen molar-refractivity contribution in [2.45, 2.75) is 43.1 Å². The Balaban J connectivity index is 1.92. The molecular formula is C10H13BrO3. The van der Waals surface area contributed by atoms with Crippen LogP contribution in [0.5, 0.6) is 0 Å². The van der Waals surface area contributed by atoms with Gasteiger partial charge < -0.3 is 9.47 Å². The van der Waals surface area contributed by atoms with Gasteiger partial charge in [-0.2, -0.15) is 0 Å². The van der Waals surface area contributed by atoms with Crippen LogP contribution in [0.15, 0.2) is 0 Å². The van der Waals surface area contributed by atoms with Crippen LogP contribution < -0.4 is 0 Å². The molecule has 14 heavy (non-hydrogen) atoms. The molecule has 2 saturated carbocycles. The fraction of sp³-hybridized carbons (Fsp3) is 0.900. The number of halogens is 1. The molecule has 0 radical (unpaired) electrons. The second-order valence-corrected chi connectivity index (χ2v) is 5.86. The van der Waals surface area contributed by atoms with Crippen molar-refractivity contribution in [3.8, 4) is 0 Å². The lowest BCUT2D eigenvalue weighted by atomic mass is 9.94. The first-order valence-corrected chi connectivity index (χ1v) is 5.94. The average Bonchev–Trinajstić information content (AvgIpc) is 2.62. The van der Waals surface area contributed by atoms with Gasteiger partial charge >= 0.3 is 0 Å². The van der Waals surface area contributed by atoms with Gasteiger partial charge in [-0.15, -0.1) is 0 Å². The zero-order chi connectivity index (χ0) is 10.1. The van der Waals surface area contributed by atoms with Crippen LogP contribution in [0, 0.1) is 11.8 Å². The molecule has 1 aliphatic heterocycles. The number of fused-ring (bicyclic) bond motifs is 5. The largest absolute Gasteiger partial charge is 0.344 e. The van der Waals surface area contributed by atoms with Crippen molar-refractivity contribution in [1.82, 2.24) is 0 Å². The van der Waals surface area contributed by atoms with Gasteiger partial charge in [0.05, 0.1) is 17.0 Å². The van der Waals surface area contributed by atoms with Gasteiger partial charge in [0.2, 0.25) is 0 Å². The van der Waals surface area contributed by atoms with Crippen molar-refractivity contribution in [3.63, 3.8) is 0 Å². The van der Waals surface area contributed by atoms with Gasteiger partial charge in [0.1, 0.15) is 0 Å². The first-order valence-electron chi connectivity index (χ1n) is 5.03. The molecule has 4 heteroatoms. The molecule has 3 fully saturated rings. The molecule has 0 amide bonds. The maximum absolute atomic E-state index is 11.7. The quantitative estimate of drug-likeness (QED) is 0.620. The topological polar surface area (TPSA) is 35.5 Å². The highest BCUT2D eigenvalue weighted by Gasteiger charge is 2.63. The molecule has 3 nitrogen and oxygen atoms in total. The molecule has 78 valence electrons. The Bertz CT molecular complexity index is 302. The number of carbonyl (C=O) groups excluding carboxylic acids is 1. The normalized spacial score (nSPS) is 53.9. The zero-order valence-electron chi connectivity index (χ0n) is 8.20. The van der Waals surface area contributed by atoms with E-state index in [-0.39, 0.29) is 23.0 Å². The molecule has 5 atom stereocenters. The maximum Gasteiger partial charge on any atom is 0.163 e. The lowest BCUT2D eigenvalue weighted by molar-refractivity contribution is -0.157. The SMILES string of the molecule is CC1(C)O[C@H]2[C@H]3C[C@H](C(=O)[C@@H]3Br)[C@H]2O1. The molecule has 0 aromatic heterocycles. The van der Waals surface area contributed by atoms with Gasteiger partial charge in [-0.05, 0) is 20.3 Å². The van der Waals surface area contributed by atoms with Gasteiger partial charge in [-0.1, -0.05) is 15.9 Å². The summed E-state index contributed by atoms with van der Waals surface area (Å²) >= 11 is 3.45. The van der Waals surface area contributed by atoms with Gasteiger partial charge in [-0.3, -0.25) is 4.79 Å². The van der Waals surface area contributed by atoms with Crippen molar-refractivity contribution in [1.29, 1.82) is 0 Å². The highest BCUT2D eigenvalue weighted by atomic mass is 79.9. The molecule has 0 N–H and O–H groups in total. The molecule has 2 aliphatic carbocycles. The van der Waals surface area contributed by atoms with E-state index in [1.165, 1.54) is 0 Å². The van der Waals surface area contributed by atoms with Gasteiger partial charge in [-0.25, -0.2) is 0 Å². The Morgan fingerprint density at radius 3 is 2.71 bits per heavy atom. The maximum atomic E-state index is 11.7. The second kappa shape index (κ2) is 2.60. The summed E-state index contributed by atoms with van der Waals surface area (Å²) in [7, 11) is 0. The second-order valence-electron chi connectivity index (χ2n) is 4.87. The number of Topliss-reactive ketones (excluding diaryl/α,β-unsaturated/α-hetero) is 1. The monoisotopic (exact) mass is 260 g/mol. The fourth-order valence-electron chi connectivity index (χ4n) is 3.00. The summed E-state index contributed by atoms with van der Waals surface area (Å²) in [4.78, 5) is 11.7. The van der Waals surface area contributed by atoms with Crippen LogP contribution in [-0.4, -0.2) is 28.6 Å². The minimum absolute atomic E-state index is 0.00810. The number of carbonyl (C=O) groups is 1. The van der Waals surface area contributed by atoms with Crippen molar-refractivity contribution in [2.75, 3.05) is 0 Å². The van der Waals surface area contributed by atoms with E-state index in [4.69, 9.17) is 9.47 Å². The van der Waals surface area contributed by atoms with E-state index in [1.54, 1.807) is 0 Å². The average molecular weight is 261 g/mol. The van der Waals surface area contributed by atoms with Crippen LogP contribution in [0.1, 0.15) is 20.3 Å². The van der Waals surface area contributed by atoms with Crippen LogP contribution in [0.2, 0.25) is 0 Å². The number of rotatable bonds is 0. The third-order valence-electron chi connectivity index (χ3n) is 3.52. The Morgan fingerprint density at radius 1 is 1.36 bits per heavy atom. The molecule has 0 aromatic rings. The number of hydrogen-bond acceptors (Lipinski definition) is 3. The van der Waals surface area contributed by atoms with E-state index in [0.717, 1.165) is 6.42 Å². The number of ether oxygens (including phenoxy) is 2. The molecule has 0 aromatic carbocycles. The molecule has 0 unspecified atom stereocenters. The first kappa shape index (κ1) is 9.31. The summed E-state index contributed by atoms with van der Waals surface area (Å²) in [6.45, 7) is 3.83. The van der Waals surface area contributed by atoms with E-state index >= 15 is 0 Å². The molecule has 0 spiro atoms. The number of hydrogen-bond donors (Lipinski definition) is 0. The smallest absolute Gasteiger partial charge is 0.163 e. The van der Waals surface area contributed by atoms with Crippen LogP contribution >= 0.6 is 15.9 Å². The standard InChI is InChI=1S/C10H13BrO3/c1-10(2)13-8-4-3-5(9(8)14-10)7(12)6(4)11/h4-6,8-9H,3H2,1-2H3/t4-,5+,6+,8-,9+/m0/s1. The number of ketones is 1. The highest BCUT2D eigenvalue weighted by molar-refractivity contribution is 9.10. The van der Waals surface area contributed by atoms with Gasteiger partial charge in [0, 0.05) is 11.8 Å². The summed E-state index contributed by atoms with van der Waals surface area (Å²) < 4.78 is 11.6. The molecular weight excluding hydrogens is 248 g/mol. The first-order chi connectivity index (χ1) is 6.49. The van der Waals surface area contributed by atoms with Crippen molar-refractivity contribution < 1.29 is 14.3 Å². The van der Waals surface area contributed by atoms with E-state index < -0.39 is 5.79 Å². The molecule has 1 saturated heterocycles. The summed E-state index contributed by atoms with van der Waals surface area (Å²) in [6, 6.07) is 0. The number of alkyl halides is 1. The molecule has 3 rings (SSSR count). The van der Waals surface area contributed by atoms with Crippen molar-refractivity contribution in [2.24, 2.45) is 11.8 Å². The summed E-state index contributed by atoms with van der Waals surface area (Å²) in [5, 5.41) is 0. The predicted octanol–water partition coefficient (Wildman–Crippen LogP) is 1.49. The van der Waals surface area contributed by atoms with Crippen LogP contribution in [-0.2, 0) is 14.3 Å². The van der Waals surface area contributed by atoms with Crippen LogP contribution in [0.4, 0.5) is 0 Å². The fourth-order valence-corrected chi connectivity index (χ4v) is 3.86. The minimum Gasteiger partial charge on any atom is -0.344 e. The highest BCUT2D eigenvalue weighted by Crippen LogP contribution is 2.53.